The van der Waals surface area contributed by atoms with Gasteiger partial charge in [-0.2, -0.15) is 0 Å². The Labute approximate surface area is 57.6 Å². The Hall–Kier alpha value is 0. The average molecular weight is 124 g/mol. The summed E-state index contributed by atoms with van der Waals surface area (Å²) >= 11 is 0. The van der Waals surface area contributed by atoms with E-state index in [-0.39, 0.29) is 0 Å². The third kappa shape index (κ3) is 0.997. The summed E-state index contributed by atoms with van der Waals surface area (Å²) in [6, 6.07) is 0. The summed E-state index contributed by atoms with van der Waals surface area (Å²) < 4.78 is 0. The Morgan fingerprint density at radius 1 is 0.556 bits per heavy atom. The van der Waals surface area contributed by atoms with Gasteiger partial charge in [0.2, 0.25) is 0 Å². The van der Waals surface area contributed by atoms with Crippen molar-refractivity contribution in [3.05, 3.63) is 0 Å². The molecule has 2 aliphatic carbocycles. The molecule has 0 spiro atoms. The molecule has 0 aromatic heterocycles. The van der Waals surface area contributed by atoms with Crippen LogP contribution in [0.5, 0.6) is 0 Å². The van der Waals surface area contributed by atoms with Crippen LogP contribution >= 0.6 is 0 Å². The molecular formula is C9H16. The van der Waals surface area contributed by atoms with Gasteiger partial charge in [-0.05, 0) is 11.8 Å². The van der Waals surface area contributed by atoms with Crippen molar-refractivity contribution in [2.45, 2.75) is 44.9 Å². The van der Waals surface area contributed by atoms with E-state index in [4.69, 9.17) is 0 Å². The van der Waals surface area contributed by atoms with Crippen LogP contribution in [0.2, 0.25) is 0 Å². The first-order valence-electron chi connectivity index (χ1n) is 4.47. The Balaban J connectivity index is 1.97. The second kappa shape index (κ2) is 2.32. The van der Waals surface area contributed by atoms with Crippen LogP contribution in [0.4, 0.5) is 0 Å². The van der Waals surface area contributed by atoms with E-state index in [0.717, 1.165) is 0 Å². The molecule has 2 saturated carbocycles. The Morgan fingerprint density at radius 2 is 1.00 bits per heavy atom. The molecule has 0 radical (unpaired) electrons. The van der Waals surface area contributed by atoms with Crippen molar-refractivity contribution in [1.82, 2.24) is 0 Å². The summed E-state index contributed by atoms with van der Waals surface area (Å²) in [5.41, 5.74) is 0. The van der Waals surface area contributed by atoms with E-state index in [1.807, 2.05) is 0 Å². The normalized spacial score (nSPS) is 42.7. The van der Waals surface area contributed by atoms with Crippen molar-refractivity contribution in [3.8, 4) is 0 Å². The van der Waals surface area contributed by atoms with Crippen LogP contribution in [0.25, 0.3) is 0 Å². The Kier molecular flexibility index (Phi) is 1.48. The first kappa shape index (κ1) is 5.76. The summed E-state index contributed by atoms with van der Waals surface area (Å²) in [7, 11) is 0. The van der Waals surface area contributed by atoms with E-state index in [1.165, 1.54) is 31.1 Å². The van der Waals surface area contributed by atoms with E-state index in [0.29, 0.717) is 0 Å². The standard InChI is InChI=1S/C9H16/c1-2-5-9-7-3-6-8(9)4-1/h8-9H,1-7H2. The van der Waals surface area contributed by atoms with Crippen LogP contribution in [-0.4, -0.2) is 0 Å². The minimum Gasteiger partial charge on any atom is -0.0530 e. The van der Waals surface area contributed by atoms with Crippen molar-refractivity contribution >= 4 is 0 Å². The fourth-order valence-corrected chi connectivity index (χ4v) is 2.69. The van der Waals surface area contributed by atoms with Crippen LogP contribution < -0.4 is 0 Å². The minimum atomic E-state index is 1.17. The van der Waals surface area contributed by atoms with Crippen LogP contribution in [0.1, 0.15) is 44.9 Å². The third-order valence-electron chi connectivity index (χ3n) is 3.22. The van der Waals surface area contributed by atoms with Gasteiger partial charge in [0, 0.05) is 0 Å². The smallest absolute Gasteiger partial charge is 0.0386 e. The highest BCUT2D eigenvalue weighted by molar-refractivity contribution is 4.80. The number of hydrogen-bond acceptors (Lipinski definition) is 0. The lowest BCUT2D eigenvalue weighted by molar-refractivity contribution is 0.277. The molecule has 9 heavy (non-hydrogen) atoms. The lowest BCUT2D eigenvalue weighted by Gasteiger charge is -2.24. The molecule has 0 nitrogen and oxygen atoms in total. The first-order valence-corrected chi connectivity index (χ1v) is 4.47. The quantitative estimate of drug-likeness (QED) is 0.465. The van der Waals surface area contributed by atoms with Crippen molar-refractivity contribution in [2.24, 2.45) is 11.8 Å². The third-order valence-corrected chi connectivity index (χ3v) is 3.22. The fourth-order valence-electron chi connectivity index (χ4n) is 2.69. The average Bonchev–Trinajstić information content (AvgIpc) is 2.33. The molecule has 0 N–H and O–H groups in total. The lowest BCUT2D eigenvalue weighted by Crippen LogP contribution is -2.12. The second-order valence-corrected chi connectivity index (χ2v) is 3.74. The molecular weight excluding hydrogens is 108 g/mol. The molecule has 2 atom stereocenters. The maximum Gasteiger partial charge on any atom is -0.0386 e. The number of rotatable bonds is 0. The molecule has 0 amide bonds. The molecule has 0 saturated heterocycles. The van der Waals surface area contributed by atoms with E-state index < -0.39 is 0 Å². The molecule has 2 fully saturated rings. The van der Waals surface area contributed by atoms with Crippen LogP contribution in [-0.2, 0) is 0 Å². The second-order valence-electron chi connectivity index (χ2n) is 3.74. The molecule has 0 heterocycles. The lowest BCUT2D eigenvalue weighted by atomic mass is 9.82. The van der Waals surface area contributed by atoms with Gasteiger partial charge in [-0.25, -0.2) is 0 Å². The summed E-state index contributed by atoms with van der Waals surface area (Å²) in [6.07, 6.45) is 10.8. The van der Waals surface area contributed by atoms with Crippen molar-refractivity contribution in [2.75, 3.05) is 0 Å². The van der Waals surface area contributed by atoms with Crippen LogP contribution in [0.3, 0.4) is 0 Å². The largest absolute Gasteiger partial charge is 0.0530 e. The molecule has 0 heteroatoms. The molecule has 52 valence electrons. The van der Waals surface area contributed by atoms with Gasteiger partial charge in [0.25, 0.3) is 0 Å². The molecule has 2 unspecified atom stereocenters. The van der Waals surface area contributed by atoms with Gasteiger partial charge >= 0.3 is 0 Å². The molecule has 0 bridgehead atoms. The van der Waals surface area contributed by atoms with Gasteiger partial charge in [-0.15, -0.1) is 0 Å². The summed E-state index contributed by atoms with van der Waals surface area (Å²) in [5.74, 6) is 2.33. The summed E-state index contributed by atoms with van der Waals surface area (Å²) in [5, 5.41) is 0. The predicted molar refractivity (Wildman–Crippen MR) is 39.3 cm³/mol. The van der Waals surface area contributed by atoms with Crippen LogP contribution in [0.15, 0.2) is 0 Å². The zero-order chi connectivity index (χ0) is 6.10. The van der Waals surface area contributed by atoms with Gasteiger partial charge in [0.1, 0.15) is 0 Å². The molecule has 2 rings (SSSR count). The van der Waals surface area contributed by atoms with Crippen molar-refractivity contribution in [1.29, 1.82) is 0 Å². The minimum absolute atomic E-state index is 1.17. The predicted octanol–water partition coefficient (Wildman–Crippen LogP) is 2.98. The maximum atomic E-state index is 1.56. The zero-order valence-corrected chi connectivity index (χ0v) is 6.10. The topological polar surface area (TPSA) is 0 Å². The molecule has 2 aliphatic rings. The van der Waals surface area contributed by atoms with Gasteiger partial charge in [0.05, 0.1) is 0 Å². The summed E-state index contributed by atoms with van der Waals surface area (Å²) in [4.78, 5) is 0. The Morgan fingerprint density at radius 3 is 1.56 bits per heavy atom. The number of fused-ring (bicyclic) bond motifs is 1. The highest BCUT2D eigenvalue weighted by atomic mass is 14.3. The van der Waals surface area contributed by atoms with Crippen molar-refractivity contribution in [3.63, 3.8) is 0 Å². The number of hydrogen-bond donors (Lipinski definition) is 0. The molecule has 0 aliphatic heterocycles. The highest BCUT2D eigenvalue weighted by Crippen LogP contribution is 2.41. The van der Waals surface area contributed by atoms with Gasteiger partial charge < -0.3 is 0 Å². The summed E-state index contributed by atoms with van der Waals surface area (Å²) in [6.45, 7) is 0. The van der Waals surface area contributed by atoms with Crippen molar-refractivity contribution < 1.29 is 0 Å². The molecule has 0 aromatic rings. The molecule has 0 aromatic carbocycles. The van der Waals surface area contributed by atoms with E-state index >= 15 is 0 Å². The van der Waals surface area contributed by atoms with Crippen LogP contribution in [0, 0.1) is 11.8 Å². The maximum absolute atomic E-state index is 1.56. The Bertz CT molecular complexity index is 84.2. The van der Waals surface area contributed by atoms with E-state index in [2.05, 4.69) is 0 Å². The monoisotopic (exact) mass is 124 g/mol. The van der Waals surface area contributed by atoms with Gasteiger partial charge in [-0.3, -0.25) is 0 Å². The highest BCUT2D eigenvalue weighted by Gasteiger charge is 2.28. The van der Waals surface area contributed by atoms with E-state index in [9.17, 15) is 0 Å². The van der Waals surface area contributed by atoms with Gasteiger partial charge in [-0.1, -0.05) is 44.9 Å². The SMILES string of the molecule is C1CCC2CCCC2C1. The zero-order valence-electron chi connectivity index (χ0n) is 6.10. The fraction of sp³-hybridized carbons (Fsp3) is 1.00. The van der Waals surface area contributed by atoms with Gasteiger partial charge in [0.15, 0.2) is 0 Å². The van der Waals surface area contributed by atoms with E-state index in [1.54, 1.807) is 25.7 Å². The first-order chi connectivity index (χ1) is 4.47.